The zero-order valence-electron chi connectivity index (χ0n) is 6.95. The molecule has 1 aromatic rings. The highest BCUT2D eigenvalue weighted by Gasteiger charge is 2.39. The summed E-state index contributed by atoms with van der Waals surface area (Å²) in [7, 11) is 0. The molecule has 1 heterocycles. The molecule has 0 fully saturated rings. The van der Waals surface area contributed by atoms with E-state index in [1.807, 2.05) is 0 Å². The van der Waals surface area contributed by atoms with Crippen LogP contribution < -0.4 is 5.73 Å². The van der Waals surface area contributed by atoms with Crippen LogP contribution in [-0.4, -0.2) is 4.98 Å². The number of hydrogen-bond donors (Lipinski definition) is 1. The largest absolute Gasteiger partial charge is 0.422 e. The molecule has 2 nitrogen and oxygen atoms in total. The first kappa shape index (κ1) is 11.6. The van der Waals surface area contributed by atoms with Crippen LogP contribution in [0.25, 0.3) is 0 Å². The first-order chi connectivity index (χ1) is 6.75. The van der Waals surface area contributed by atoms with Crippen molar-refractivity contribution in [3.63, 3.8) is 0 Å². The van der Waals surface area contributed by atoms with E-state index in [0.29, 0.717) is 0 Å². The third kappa shape index (κ3) is 2.13. The van der Waals surface area contributed by atoms with Gasteiger partial charge < -0.3 is 5.73 Å². The van der Waals surface area contributed by atoms with Crippen molar-refractivity contribution in [2.75, 3.05) is 5.73 Å². The quantitative estimate of drug-likeness (QED) is 0.595. The lowest BCUT2D eigenvalue weighted by Gasteiger charge is -2.12. The van der Waals surface area contributed by atoms with Gasteiger partial charge in [0, 0.05) is 6.20 Å². The second kappa shape index (κ2) is 3.59. The maximum atomic E-state index is 12.6. The van der Waals surface area contributed by atoms with Crippen molar-refractivity contribution in [1.29, 1.82) is 0 Å². The van der Waals surface area contributed by atoms with Crippen LogP contribution in [0.1, 0.15) is 17.6 Å². The normalized spacial score (nSPS) is 12.2. The van der Waals surface area contributed by atoms with Gasteiger partial charge in [-0.15, -0.1) is 0 Å². The van der Waals surface area contributed by atoms with Crippen LogP contribution in [0.2, 0.25) is 0 Å². The molecule has 0 atom stereocenters. The molecule has 1 aromatic heterocycles. The van der Waals surface area contributed by atoms with Gasteiger partial charge in [0.2, 0.25) is 5.95 Å². The molecule has 0 spiro atoms. The van der Waals surface area contributed by atoms with Crippen LogP contribution in [0, 0.1) is 5.95 Å². The SMILES string of the molecule is Nc1c(C(F)F)cnc(F)c1C(F)(F)F. The van der Waals surface area contributed by atoms with Crippen molar-refractivity contribution in [1.82, 2.24) is 4.98 Å². The van der Waals surface area contributed by atoms with Crippen LogP contribution in [-0.2, 0) is 6.18 Å². The number of nitrogens with zero attached hydrogens (tertiary/aromatic N) is 1. The molecule has 0 aliphatic carbocycles. The maximum absolute atomic E-state index is 12.6. The van der Waals surface area contributed by atoms with Crippen molar-refractivity contribution in [2.45, 2.75) is 12.6 Å². The number of rotatable bonds is 1. The van der Waals surface area contributed by atoms with Gasteiger partial charge in [-0.1, -0.05) is 0 Å². The van der Waals surface area contributed by atoms with Gasteiger partial charge in [-0.2, -0.15) is 17.6 Å². The summed E-state index contributed by atoms with van der Waals surface area (Å²) in [5, 5.41) is 0. The van der Waals surface area contributed by atoms with Crippen LogP contribution in [0.3, 0.4) is 0 Å². The summed E-state index contributed by atoms with van der Waals surface area (Å²) in [4.78, 5) is 2.58. The van der Waals surface area contributed by atoms with E-state index in [2.05, 4.69) is 4.98 Å². The van der Waals surface area contributed by atoms with Crippen molar-refractivity contribution in [3.8, 4) is 0 Å². The number of alkyl halides is 5. The Labute approximate surface area is 79.7 Å². The first-order valence-corrected chi connectivity index (χ1v) is 3.54. The Morgan fingerprint density at radius 3 is 2.20 bits per heavy atom. The van der Waals surface area contributed by atoms with Gasteiger partial charge in [-0.3, -0.25) is 0 Å². The van der Waals surface area contributed by atoms with E-state index in [1.165, 1.54) is 0 Å². The second-order valence-corrected chi connectivity index (χ2v) is 2.59. The zero-order valence-corrected chi connectivity index (χ0v) is 6.95. The third-order valence-electron chi connectivity index (χ3n) is 1.62. The molecule has 15 heavy (non-hydrogen) atoms. The average molecular weight is 230 g/mol. The van der Waals surface area contributed by atoms with E-state index < -0.39 is 35.4 Å². The van der Waals surface area contributed by atoms with E-state index in [0.717, 1.165) is 0 Å². The Morgan fingerprint density at radius 2 is 1.80 bits per heavy atom. The summed E-state index contributed by atoms with van der Waals surface area (Å²) in [6, 6.07) is 0. The van der Waals surface area contributed by atoms with Crippen LogP contribution in [0.15, 0.2) is 6.20 Å². The number of pyridine rings is 1. The molecule has 2 N–H and O–H groups in total. The number of aromatic nitrogens is 1. The predicted molar refractivity (Wildman–Crippen MR) is 38.6 cm³/mol. The van der Waals surface area contributed by atoms with Crippen molar-refractivity contribution in [3.05, 3.63) is 23.3 Å². The molecule has 0 aromatic carbocycles. The Balaban J connectivity index is 3.44. The molecule has 0 bridgehead atoms. The summed E-state index contributed by atoms with van der Waals surface area (Å²) in [6.45, 7) is 0. The monoisotopic (exact) mass is 230 g/mol. The van der Waals surface area contributed by atoms with E-state index in [-0.39, 0.29) is 6.20 Å². The fourth-order valence-corrected chi connectivity index (χ4v) is 0.959. The number of hydrogen-bond acceptors (Lipinski definition) is 2. The van der Waals surface area contributed by atoms with E-state index in [1.54, 1.807) is 0 Å². The Hall–Kier alpha value is -1.47. The van der Waals surface area contributed by atoms with Crippen LogP contribution in [0.5, 0.6) is 0 Å². The average Bonchev–Trinajstić information content (AvgIpc) is 2.00. The molecule has 0 aliphatic rings. The van der Waals surface area contributed by atoms with Crippen LogP contribution >= 0.6 is 0 Å². The lowest BCUT2D eigenvalue weighted by Crippen LogP contribution is -2.15. The second-order valence-electron chi connectivity index (χ2n) is 2.59. The van der Waals surface area contributed by atoms with Gasteiger partial charge in [0.25, 0.3) is 6.43 Å². The highest BCUT2D eigenvalue weighted by molar-refractivity contribution is 5.54. The molecular formula is C7H4F6N2. The Morgan fingerprint density at radius 1 is 1.27 bits per heavy atom. The molecule has 0 unspecified atom stereocenters. The van der Waals surface area contributed by atoms with E-state index in [4.69, 9.17) is 5.73 Å². The summed E-state index contributed by atoms with van der Waals surface area (Å²) in [5.74, 6) is -1.91. The number of anilines is 1. The topological polar surface area (TPSA) is 38.9 Å². The first-order valence-electron chi connectivity index (χ1n) is 3.54. The number of halogens is 6. The molecule has 0 aliphatic heterocycles. The van der Waals surface area contributed by atoms with Crippen molar-refractivity contribution in [2.24, 2.45) is 0 Å². The minimum absolute atomic E-state index is 0.282. The summed E-state index contributed by atoms with van der Waals surface area (Å²) >= 11 is 0. The highest BCUT2D eigenvalue weighted by atomic mass is 19.4. The lowest BCUT2D eigenvalue weighted by atomic mass is 10.1. The molecule has 84 valence electrons. The minimum Gasteiger partial charge on any atom is -0.398 e. The van der Waals surface area contributed by atoms with Crippen molar-refractivity contribution < 1.29 is 26.3 Å². The highest BCUT2D eigenvalue weighted by Crippen LogP contribution is 2.38. The third-order valence-corrected chi connectivity index (χ3v) is 1.62. The fourth-order valence-electron chi connectivity index (χ4n) is 0.959. The Kier molecular flexibility index (Phi) is 2.78. The molecular weight excluding hydrogens is 226 g/mol. The fraction of sp³-hybridized carbons (Fsp3) is 0.286. The predicted octanol–water partition coefficient (Wildman–Crippen LogP) is 2.76. The van der Waals surface area contributed by atoms with Gasteiger partial charge in [-0.05, 0) is 0 Å². The number of nitrogen functional groups attached to an aromatic ring is 1. The molecule has 1 rings (SSSR count). The van der Waals surface area contributed by atoms with E-state index in [9.17, 15) is 26.3 Å². The van der Waals surface area contributed by atoms with Gasteiger partial charge in [0.05, 0.1) is 11.3 Å². The van der Waals surface area contributed by atoms with E-state index >= 15 is 0 Å². The molecule has 8 heteroatoms. The Bertz CT molecular complexity index is 372. The smallest absolute Gasteiger partial charge is 0.398 e. The molecule has 0 amide bonds. The zero-order chi connectivity index (χ0) is 11.8. The van der Waals surface area contributed by atoms with Gasteiger partial charge in [0.15, 0.2) is 0 Å². The van der Waals surface area contributed by atoms with Gasteiger partial charge in [0.1, 0.15) is 5.56 Å². The van der Waals surface area contributed by atoms with Crippen LogP contribution in [0.4, 0.5) is 32.0 Å². The lowest BCUT2D eigenvalue weighted by molar-refractivity contribution is -0.139. The maximum Gasteiger partial charge on any atom is 0.422 e. The summed E-state index contributed by atoms with van der Waals surface area (Å²) in [6.07, 6.45) is -8.10. The summed E-state index contributed by atoms with van der Waals surface area (Å²) in [5.41, 5.74) is 0.369. The molecule has 0 saturated heterocycles. The van der Waals surface area contributed by atoms with Crippen molar-refractivity contribution >= 4 is 5.69 Å². The minimum atomic E-state index is -5.15. The van der Waals surface area contributed by atoms with Gasteiger partial charge >= 0.3 is 6.18 Å². The molecule has 0 saturated carbocycles. The standard InChI is InChI=1S/C7H4F6N2/c8-5(9)2-1-15-6(10)3(4(2)14)7(11,12)13/h1,5H,(H2,14,15). The molecule has 0 radical (unpaired) electrons. The number of nitrogens with two attached hydrogens (primary N) is 1. The summed E-state index contributed by atoms with van der Waals surface area (Å²) < 4.78 is 73.3. The van der Waals surface area contributed by atoms with Gasteiger partial charge in [-0.25, -0.2) is 13.8 Å².